The van der Waals surface area contributed by atoms with Gasteiger partial charge in [-0.05, 0) is 58.5 Å². The first-order valence-electron chi connectivity index (χ1n) is 9.94. The van der Waals surface area contributed by atoms with Gasteiger partial charge in [0.15, 0.2) is 0 Å². The zero-order valence-corrected chi connectivity index (χ0v) is 18.5. The quantitative estimate of drug-likeness (QED) is 0.560. The van der Waals surface area contributed by atoms with Gasteiger partial charge in [0.1, 0.15) is 0 Å². The van der Waals surface area contributed by atoms with Gasteiger partial charge in [0.2, 0.25) is 0 Å². The van der Waals surface area contributed by atoms with Crippen LogP contribution in [0.4, 0.5) is 0 Å². The highest BCUT2D eigenvalue weighted by atomic mass is 32.2. The summed E-state index contributed by atoms with van der Waals surface area (Å²) >= 11 is 1.55. The Balaban J connectivity index is 0.000000430. The molecule has 0 radical (unpaired) electrons. The first kappa shape index (κ1) is 27.2. The standard InChI is InChI=1S/C9H10O4.C8H17N.C4H8O2S/c1-9(8(12)13)4-2-3-6(5-9)7(10)11;1-2-6-9-7-4-3-5-8-9;1-7-3-2-4(5)6/h2-4H,5H2,1H3,(H,10,11)(H,12,13);2-8H2,1H3;2-3H2,1H3,(H,5,6). The molecule has 2 rings (SSSR count). The molecule has 0 bridgehead atoms. The van der Waals surface area contributed by atoms with Crippen LogP contribution in [-0.4, -0.2) is 69.8 Å². The van der Waals surface area contributed by atoms with Crippen LogP contribution in [0.3, 0.4) is 0 Å². The second-order valence-corrected chi connectivity index (χ2v) is 8.28. The molecule has 8 heteroatoms. The lowest BCUT2D eigenvalue weighted by Gasteiger charge is -2.25. The molecule has 1 heterocycles. The smallest absolute Gasteiger partial charge is 0.331 e. The summed E-state index contributed by atoms with van der Waals surface area (Å²) in [7, 11) is 0. The van der Waals surface area contributed by atoms with Gasteiger partial charge in [-0.2, -0.15) is 11.8 Å². The van der Waals surface area contributed by atoms with Crippen molar-refractivity contribution in [1.29, 1.82) is 0 Å². The number of hydrogen-bond donors (Lipinski definition) is 3. The van der Waals surface area contributed by atoms with Gasteiger partial charge in [-0.15, -0.1) is 0 Å². The molecule has 7 nitrogen and oxygen atoms in total. The largest absolute Gasteiger partial charge is 0.481 e. The molecule has 0 spiro atoms. The third kappa shape index (κ3) is 12.4. The Morgan fingerprint density at radius 2 is 1.76 bits per heavy atom. The summed E-state index contributed by atoms with van der Waals surface area (Å²) in [6.45, 7) is 7.79. The minimum atomic E-state index is -1.08. The Hall–Kier alpha value is -1.80. The minimum Gasteiger partial charge on any atom is -0.481 e. The number of rotatable bonds is 7. The van der Waals surface area contributed by atoms with Crippen molar-refractivity contribution in [3.05, 3.63) is 23.8 Å². The van der Waals surface area contributed by atoms with Crippen LogP contribution in [0.1, 0.15) is 52.4 Å². The Labute approximate surface area is 177 Å². The van der Waals surface area contributed by atoms with E-state index in [1.54, 1.807) is 11.8 Å². The van der Waals surface area contributed by atoms with E-state index in [-0.39, 0.29) is 18.4 Å². The summed E-state index contributed by atoms with van der Waals surface area (Å²) in [6.07, 6.45) is 12.2. The van der Waals surface area contributed by atoms with E-state index in [4.69, 9.17) is 15.3 Å². The average molecular weight is 430 g/mol. The molecular weight excluding hydrogens is 394 g/mol. The summed E-state index contributed by atoms with van der Waals surface area (Å²) in [5, 5.41) is 25.5. The van der Waals surface area contributed by atoms with E-state index in [0.717, 1.165) is 5.75 Å². The van der Waals surface area contributed by atoms with Crippen LogP contribution in [0.2, 0.25) is 0 Å². The van der Waals surface area contributed by atoms with Crippen LogP contribution in [0.15, 0.2) is 23.8 Å². The molecule has 29 heavy (non-hydrogen) atoms. The average Bonchev–Trinajstić information content (AvgIpc) is 2.68. The van der Waals surface area contributed by atoms with Gasteiger partial charge in [-0.3, -0.25) is 9.59 Å². The van der Waals surface area contributed by atoms with Crippen LogP contribution in [0, 0.1) is 5.41 Å². The monoisotopic (exact) mass is 429 g/mol. The molecule has 1 unspecified atom stereocenters. The van der Waals surface area contributed by atoms with E-state index in [2.05, 4.69) is 11.8 Å². The Morgan fingerprint density at radius 1 is 1.14 bits per heavy atom. The SMILES string of the molecule is CC1(C(=O)O)C=CC=C(C(=O)O)C1.CCCN1CCCCC1.CSCCC(=O)O. The fraction of sp³-hybridized carbons (Fsp3) is 0.667. The molecule has 3 N–H and O–H groups in total. The normalized spacial score (nSPS) is 21.0. The molecule has 0 aromatic heterocycles. The molecule has 1 aliphatic heterocycles. The van der Waals surface area contributed by atoms with Crippen molar-refractivity contribution < 1.29 is 29.7 Å². The van der Waals surface area contributed by atoms with Gasteiger partial charge in [0.25, 0.3) is 0 Å². The zero-order valence-electron chi connectivity index (χ0n) is 17.7. The summed E-state index contributed by atoms with van der Waals surface area (Å²) in [5.41, 5.74) is -0.949. The van der Waals surface area contributed by atoms with Crippen molar-refractivity contribution in [1.82, 2.24) is 4.90 Å². The molecule has 1 saturated heterocycles. The highest BCUT2D eigenvalue weighted by molar-refractivity contribution is 7.98. The topological polar surface area (TPSA) is 115 Å². The first-order valence-corrected chi connectivity index (χ1v) is 11.3. The Bertz CT molecular complexity index is 581. The van der Waals surface area contributed by atoms with Crippen LogP contribution >= 0.6 is 11.8 Å². The van der Waals surface area contributed by atoms with Crippen molar-refractivity contribution in [2.75, 3.05) is 31.6 Å². The van der Waals surface area contributed by atoms with Gasteiger partial charge in [-0.1, -0.05) is 31.6 Å². The predicted octanol–water partition coefficient (Wildman–Crippen LogP) is 3.75. The molecule has 0 aromatic carbocycles. The highest BCUT2D eigenvalue weighted by Crippen LogP contribution is 2.31. The van der Waals surface area contributed by atoms with Crippen molar-refractivity contribution in [2.24, 2.45) is 5.41 Å². The molecule has 0 amide bonds. The number of piperidine rings is 1. The van der Waals surface area contributed by atoms with Crippen molar-refractivity contribution >= 4 is 29.7 Å². The molecule has 0 aromatic rings. The highest BCUT2D eigenvalue weighted by Gasteiger charge is 2.34. The van der Waals surface area contributed by atoms with Gasteiger partial charge in [0.05, 0.1) is 11.8 Å². The maximum atomic E-state index is 10.8. The number of likely N-dealkylation sites (tertiary alicyclic amines) is 1. The number of hydrogen-bond acceptors (Lipinski definition) is 5. The van der Waals surface area contributed by atoms with Gasteiger partial charge < -0.3 is 20.2 Å². The number of carboxylic acids is 3. The zero-order chi connectivity index (χ0) is 22.3. The van der Waals surface area contributed by atoms with Gasteiger partial charge >= 0.3 is 17.9 Å². The fourth-order valence-corrected chi connectivity index (χ4v) is 3.25. The van der Waals surface area contributed by atoms with Crippen molar-refractivity contribution in [2.45, 2.75) is 52.4 Å². The van der Waals surface area contributed by atoms with E-state index in [9.17, 15) is 14.4 Å². The minimum absolute atomic E-state index is 0.0359. The maximum absolute atomic E-state index is 10.8. The Kier molecular flexibility index (Phi) is 14.2. The molecule has 1 fully saturated rings. The summed E-state index contributed by atoms with van der Waals surface area (Å²) in [5.74, 6) is -2.06. The lowest BCUT2D eigenvalue weighted by Crippen LogP contribution is -2.30. The van der Waals surface area contributed by atoms with Gasteiger partial charge in [-0.25, -0.2) is 4.79 Å². The van der Waals surface area contributed by atoms with E-state index in [0.29, 0.717) is 0 Å². The van der Waals surface area contributed by atoms with E-state index < -0.39 is 23.3 Å². The van der Waals surface area contributed by atoms with E-state index in [1.165, 1.54) is 70.5 Å². The number of allylic oxidation sites excluding steroid dienone is 2. The maximum Gasteiger partial charge on any atom is 0.331 e. The Morgan fingerprint density at radius 3 is 2.17 bits per heavy atom. The van der Waals surface area contributed by atoms with Crippen LogP contribution in [0.25, 0.3) is 0 Å². The summed E-state index contributed by atoms with van der Waals surface area (Å²) in [4.78, 5) is 33.7. The second-order valence-electron chi connectivity index (χ2n) is 7.29. The lowest BCUT2D eigenvalue weighted by atomic mass is 9.80. The summed E-state index contributed by atoms with van der Waals surface area (Å²) < 4.78 is 0. The molecule has 2 aliphatic rings. The van der Waals surface area contributed by atoms with Crippen LogP contribution < -0.4 is 0 Å². The van der Waals surface area contributed by atoms with E-state index in [1.807, 2.05) is 6.26 Å². The number of carboxylic acid groups (broad SMARTS) is 3. The third-order valence-corrected chi connectivity index (χ3v) is 5.20. The number of carbonyl (C=O) groups is 3. The first-order chi connectivity index (χ1) is 13.7. The predicted molar refractivity (Wildman–Crippen MR) is 116 cm³/mol. The van der Waals surface area contributed by atoms with Gasteiger partial charge in [0, 0.05) is 11.3 Å². The van der Waals surface area contributed by atoms with Crippen LogP contribution in [0.5, 0.6) is 0 Å². The lowest BCUT2D eigenvalue weighted by molar-refractivity contribution is -0.145. The number of nitrogens with zero attached hydrogens (tertiary/aromatic N) is 1. The van der Waals surface area contributed by atoms with Crippen LogP contribution in [-0.2, 0) is 14.4 Å². The molecule has 1 aliphatic carbocycles. The van der Waals surface area contributed by atoms with Crippen molar-refractivity contribution in [3.63, 3.8) is 0 Å². The number of thioether (sulfide) groups is 1. The summed E-state index contributed by atoms with van der Waals surface area (Å²) in [6, 6.07) is 0. The van der Waals surface area contributed by atoms with Crippen molar-refractivity contribution in [3.8, 4) is 0 Å². The molecule has 1 atom stereocenters. The fourth-order valence-electron chi connectivity index (χ4n) is 2.87. The second kappa shape index (κ2) is 15.1. The third-order valence-electron chi connectivity index (χ3n) is 4.59. The number of aliphatic carboxylic acids is 3. The molecular formula is C21H35NO6S. The molecule has 166 valence electrons. The van der Waals surface area contributed by atoms with E-state index >= 15 is 0 Å². The molecule has 0 saturated carbocycles.